The van der Waals surface area contributed by atoms with E-state index in [4.69, 9.17) is 9.47 Å². The zero-order valence-electron chi connectivity index (χ0n) is 19.2. The number of hydrogen-bond acceptors (Lipinski definition) is 7. The highest BCUT2D eigenvalue weighted by atomic mass is 16.5. The largest absolute Gasteiger partial charge is 0.469 e. The first-order valence-corrected chi connectivity index (χ1v) is 11.3. The van der Waals surface area contributed by atoms with E-state index >= 15 is 0 Å². The fraction of sp³-hybridized carbons (Fsp3) is 0.542. The molecule has 1 fully saturated rings. The third-order valence-corrected chi connectivity index (χ3v) is 6.43. The van der Waals surface area contributed by atoms with Crippen molar-refractivity contribution in [2.75, 3.05) is 20.2 Å². The van der Waals surface area contributed by atoms with E-state index in [1.807, 2.05) is 39.0 Å². The first-order valence-electron chi connectivity index (χ1n) is 11.3. The van der Waals surface area contributed by atoms with Crippen molar-refractivity contribution in [2.24, 2.45) is 0 Å². The maximum atomic E-state index is 11.7. The van der Waals surface area contributed by atoms with Gasteiger partial charge in [0, 0.05) is 6.04 Å². The van der Waals surface area contributed by atoms with Crippen LogP contribution in [0.4, 0.5) is 0 Å². The Morgan fingerprint density at radius 2 is 2.06 bits per heavy atom. The Balaban J connectivity index is 1.57. The molecule has 1 unspecified atom stereocenters. The van der Waals surface area contributed by atoms with Crippen LogP contribution in [0.15, 0.2) is 30.5 Å². The molecule has 1 aliphatic heterocycles. The molecule has 2 aliphatic rings. The van der Waals surface area contributed by atoms with Crippen LogP contribution in [0.25, 0.3) is 5.65 Å². The molecule has 32 heavy (non-hydrogen) atoms. The molecule has 0 spiro atoms. The summed E-state index contributed by atoms with van der Waals surface area (Å²) in [6, 6.07) is 8.56. The molecule has 3 aromatic rings. The Morgan fingerprint density at radius 3 is 2.81 bits per heavy atom. The van der Waals surface area contributed by atoms with Crippen molar-refractivity contribution in [3.05, 3.63) is 47.3 Å². The van der Waals surface area contributed by atoms with E-state index in [0.29, 0.717) is 36.3 Å². The van der Waals surface area contributed by atoms with Gasteiger partial charge >= 0.3 is 6.01 Å². The fourth-order valence-corrected chi connectivity index (χ4v) is 4.76. The van der Waals surface area contributed by atoms with Gasteiger partial charge in [0.05, 0.1) is 11.9 Å². The molecule has 8 heteroatoms. The monoisotopic (exact) mass is 437 g/mol. The minimum Gasteiger partial charge on any atom is -0.469 e. The number of benzene rings is 1. The molecule has 1 aliphatic carbocycles. The number of fused-ring (bicyclic) bond motifs is 2. The van der Waals surface area contributed by atoms with E-state index in [9.17, 15) is 5.11 Å². The molecule has 170 valence electrons. The van der Waals surface area contributed by atoms with Crippen LogP contribution in [0, 0.1) is 0 Å². The molecular formula is C24H31N5O3. The second kappa shape index (κ2) is 7.71. The molecule has 2 aromatic heterocycles. The molecular weight excluding hydrogens is 406 g/mol. The van der Waals surface area contributed by atoms with Crippen LogP contribution in [0.5, 0.6) is 11.9 Å². The van der Waals surface area contributed by atoms with Gasteiger partial charge in [0.15, 0.2) is 0 Å². The first-order chi connectivity index (χ1) is 15.2. The molecule has 2 atom stereocenters. The maximum Gasteiger partial charge on any atom is 0.337 e. The van der Waals surface area contributed by atoms with Crippen molar-refractivity contribution in [2.45, 2.75) is 63.7 Å². The number of aromatic nitrogens is 4. The van der Waals surface area contributed by atoms with Crippen LogP contribution in [-0.2, 0) is 12.0 Å². The van der Waals surface area contributed by atoms with Gasteiger partial charge in [-0.15, -0.1) is 5.10 Å². The third-order valence-electron chi connectivity index (χ3n) is 6.43. The lowest BCUT2D eigenvalue weighted by Crippen LogP contribution is -2.31. The number of aryl methyl sites for hydroxylation is 1. The normalized spacial score (nSPS) is 23.6. The minimum absolute atomic E-state index is 0.228. The van der Waals surface area contributed by atoms with E-state index in [-0.39, 0.29) is 6.01 Å². The second-order valence-corrected chi connectivity index (χ2v) is 9.90. The van der Waals surface area contributed by atoms with Gasteiger partial charge in [0.1, 0.15) is 17.8 Å². The standard InChI is InChI=1S/C24H31N5O3/c1-23(2,3)32-21-20-25-14-19(24(30)12-11-16-8-5-6-10-18(16)24)29(20)27-22(26-21)31-15-17-9-7-13-28(17)4/h5-6,8,10,14,17,30H,7,9,11-13,15H2,1-4H3/t17-,24?/m0/s1. The molecule has 0 radical (unpaired) electrons. The number of rotatable bonds is 5. The van der Waals surface area contributed by atoms with Crippen molar-refractivity contribution in [1.29, 1.82) is 0 Å². The SMILES string of the molecule is CN1CCC[C@H]1COc1nc(OC(C)(C)C)c2ncc(C3(O)CCc4ccccc43)n2n1. The number of likely N-dealkylation sites (N-methyl/N-ethyl adjacent to an activating group) is 1. The van der Waals surface area contributed by atoms with Crippen LogP contribution in [0.3, 0.4) is 0 Å². The van der Waals surface area contributed by atoms with Crippen molar-refractivity contribution in [3.8, 4) is 11.9 Å². The van der Waals surface area contributed by atoms with Gasteiger partial charge in [0.25, 0.3) is 5.88 Å². The van der Waals surface area contributed by atoms with Crippen LogP contribution in [-0.4, -0.2) is 61.4 Å². The van der Waals surface area contributed by atoms with E-state index in [1.165, 1.54) is 6.42 Å². The molecule has 8 nitrogen and oxygen atoms in total. The van der Waals surface area contributed by atoms with Crippen LogP contribution in [0.1, 0.15) is 56.9 Å². The summed E-state index contributed by atoms with van der Waals surface area (Å²) in [5, 5.41) is 16.4. The molecule has 0 amide bonds. The van der Waals surface area contributed by atoms with E-state index in [2.05, 4.69) is 33.1 Å². The van der Waals surface area contributed by atoms with Crippen molar-refractivity contribution < 1.29 is 14.6 Å². The van der Waals surface area contributed by atoms with Crippen LogP contribution >= 0.6 is 0 Å². The van der Waals surface area contributed by atoms with Crippen molar-refractivity contribution in [3.63, 3.8) is 0 Å². The summed E-state index contributed by atoms with van der Waals surface area (Å²) in [5.41, 5.74) is 1.46. The van der Waals surface area contributed by atoms with Gasteiger partial charge in [-0.1, -0.05) is 24.3 Å². The highest BCUT2D eigenvalue weighted by Gasteiger charge is 2.41. The van der Waals surface area contributed by atoms with Gasteiger partial charge in [0.2, 0.25) is 5.65 Å². The summed E-state index contributed by atoms with van der Waals surface area (Å²) in [6.45, 7) is 7.47. The Labute approximate surface area is 188 Å². The summed E-state index contributed by atoms with van der Waals surface area (Å²) in [5.74, 6) is 0.350. The van der Waals surface area contributed by atoms with E-state index in [1.54, 1.807) is 10.7 Å². The zero-order chi connectivity index (χ0) is 22.5. The summed E-state index contributed by atoms with van der Waals surface area (Å²) in [4.78, 5) is 11.4. The third kappa shape index (κ3) is 3.71. The molecule has 1 N–H and O–H groups in total. The van der Waals surface area contributed by atoms with Gasteiger partial charge in [-0.3, -0.25) is 0 Å². The van der Waals surface area contributed by atoms with Gasteiger partial charge < -0.3 is 19.5 Å². The smallest absolute Gasteiger partial charge is 0.337 e. The topological polar surface area (TPSA) is 85.0 Å². The second-order valence-electron chi connectivity index (χ2n) is 9.90. The molecule has 1 saturated heterocycles. The number of likely N-dealkylation sites (tertiary alicyclic amines) is 1. The Bertz CT molecular complexity index is 1140. The Hall–Kier alpha value is -2.71. The van der Waals surface area contributed by atoms with Crippen LogP contribution in [0.2, 0.25) is 0 Å². The predicted octanol–water partition coefficient (Wildman–Crippen LogP) is 2.96. The minimum atomic E-state index is -1.17. The molecule has 5 rings (SSSR count). The molecule has 1 aromatic carbocycles. The molecule has 3 heterocycles. The average Bonchev–Trinajstić information content (AvgIpc) is 3.44. The maximum absolute atomic E-state index is 11.7. The number of ether oxygens (including phenoxy) is 2. The predicted molar refractivity (Wildman–Crippen MR) is 120 cm³/mol. The van der Waals surface area contributed by atoms with Gasteiger partial charge in [-0.25, -0.2) is 9.50 Å². The average molecular weight is 438 g/mol. The summed E-state index contributed by atoms with van der Waals surface area (Å²) >= 11 is 0. The summed E-state index contributed by atoms with van der Waals surface area (Å²) in [7, 11) is 2.11. The first kappa shape index (κ1) is 21.2. The van der Waals surface area contributed by atoms with E-state index < -0.39 is 11.2 Å². The van der Waals surface area contributed by atoms with E-state index in [0.717, 1.165) is 30.5 Å². The quantitative estimate of drug-likeness (QED) is 0.657. The van der Waals surface area contributed by atoms with Crippen molar-refractivity contribution in [1.82, 2.24) is 24.5 Å². The Morgan fingerprint density at radius 1 is 1.25 bits per heavy atom. The lowest BCUT2D eigenvalue weighted by molar-refractivity contribution is 0.0756. The summed E-state index contributed by atoms with van der Waals surface area (Å²) < 4.78 is 13.8. The van der Waals surface area contributed by atoms with Gasteiger partial charge in [-0.2, -0.15) is 4.98 Å². The van der Waals surface area contributed by atoms with Gasteiger partial charge in [-0.05, 0) is 71.2 Å². The number of nitrogens with zero attached hydrogens (tertiary/aromatic N) is 5. The fourth-order valence-electron chi connectivity index (χ4n) is 4.76. The summed E-state index contributed by atoms with van der Waals surface area (Å²) in [6.07, 6.45) is 5.31. The molecule has 0 bridgehead atoms. The highest BCUT2D eigenvalue weighted by molar-refractivity contribution is 5.53. The Kier molecular flexibility index (Phi) is 5.09. The lowest BCUT2D eigenvalue weighted by atomic mass is 9.93. The zero-order valence-corrected chi connectivity index (χ0v) is 19.2. The van der Waals surface area contributed by atoms with Crippen LogP contribution < -0.4 is 9.47 Å². The molecule has 0 saturated carbocycles. The number of aliphatic hydroxyl groups is 1. The highest BCUT2D eigenvalue weighted by Crippen LogP contribution is 2.42. The lowest BCUT2D eigenvalue weighted by Gasteiger charge is -2.24. The van der Waals surface area contributed by atoms with Crippen molar-refractivity contribution >= 4 is 5.65 Å². The number of imidazole rings is 1. The number of hydrogen-bond donors (Lipinski definition) is 1.